The van der Waals surface area contributed by atoms with Crippen molar-refractivity contribution in [3.8, 4) is 0 Å². The summed E-state index contributed by atoms with van der Waals surface area (Å²) in [6.45, 7) is 3.40. The number of carbonyl (C=O) groups excluding carboxylic acids is 2. The minimum atomic E-state index is -0.402. The number of likely N-dealkylation sites (tertiary alicyclic amines) is 1. The molecule has 0 aromatic carbocycles. The summed E-state index contributed by atoms with van der Waals surface area (Å²) >= 11 is 1.43. The van der Waals surface area contributed by atoms with Crippen molar-refractivity contribution in [2.45, 2.75) is 116 Å². The monoisotopic (exact) mass is 449 g/mol. The van der Waals surface area contributed by atoms with E-state index in [2.05, 4.69) is 6.92 Å². The molecule has 0 radical (unpaired) electrons. The van der Waals surface area contributed by atoms with E-state index < -0.39 is 6.04 Å². The van der Waals surface area contributed by atoms with Crippen LogP contribution in [0.5, 0.6) is 0 Å². The molecule has 1 atom stereocenters. The van der Waals surface area contributed by atoms with Gasteiger partial charge in [0.05, 0.1) is 11.5 Å². The predicted octanol–water partition coefficient (Wildman–Crippen LogP) is 7.38. The average Bonchev–Trinajstić information content (AvgIpc) is 3.48. The van der Waals surface area contributed by atoms with E-state index in [4.69, 9.17) is 4.74 Å². The lowest BCUT2D eigenvalue weighted by Crippen LogP contribution is -2.41. The van der Waals surface area contributed by atoms with Gasteiger partial charge in [0.2, 0.25) is 0 Å². The van der Waals surface area contributed by atoms with Crippen LogP contribution in [-0.4, -0.2) is 36.0 Å². The number of hydrogen-bond acceptors (Lipinski definition) is 4. The third kappa shape index (κ3) is 10.2. The fourth-order valence-electron chi connectivity index (χ4n) is 4.36. The van der Waals surface area contributed by atoms with Crippen LogP contribution in [0.2, 0.25) is 0 Å². The number of unbranched alkanes of at least 4 members (excludes halogenated alkanes) is 13. The lowest BCUT2D eigenvalue weighted by Gasteiger charge is -2.22. The molecule has 4 nitrogen and oxygen atoms in total. The fraction of sp³-hybridized carbons (Fsp3) is 0.769. The van der Waals surface area contributed by atoms with Crippen molar-refractivity contribution < 1.29 is 14.3 Å². The number of rotatable bonds is 17. The molecule has 0 saturated carbocycles. The summed E-state index contributed by atoms with van der Waals surface area (Å²) in [5, 5.41) is 1.90. The average molecular weight is 450 g/mol. The van der Waals surface area contributed by atoms with Crippen LogP contribution in [0.15, 0.2) is 17.5 Å². The Kier molecular flexibility index (Phi) is 13.6. The zero-order valence-electron chi connectivity index (χ0n) is 19.6. The van der Waals surface area contributed by atoms with Crippen molar-refractivity contribution in [1.29, 1.82) is 0 Å². The lowest BCUT2D eigenvalue weighted by molar-refractivity contribution is -0.148. The van der Waals surface area contributed by atoms with E-state index in [1.807, 2.05) is 17.5 Å². The van der Waals surface area contributed by atoms with Gasteiger partial charge < -0.3 is 9.64 Å². The second-order valence-corrected chi connectivity index (χ2v) is 9.85. The summed E-state index contributed by atoms with van der Waals surface area (Å²) in [6, 6.07) is 3.29. The van der Waals surface area contributed by atoms with Gasteiger partial charge in [-0.3, -0.25) is 4.79 Å². The van der Waals surface area contributed by atoms with Gasteiger partial charge in [-0.25, -0.2) is 4.79 Å². The Morgan fingerprint density at radius 3 is 2.06 bits per heavy atom. The summed E-state index contributed by atoms with van der Waals surface area (Å²) in [4.78, 5) is 27.4. The smallest absolute Gasteiger partial charge is 0.328 e. The Bertz CT molecular complexity index is 602. The molecule has 1 saturated heterocycles. The van der Waals surface area contributed by atoms with E-state index in [1.165, 1.54) is 88.4 Å². The van der Waals surface area contributed by atoms with Crippen molar-refractivity contribution in [3.05, 3.63) is 22.4 Å². The second-order valence-electron chi connectivity index (χ2n) is 8.90. The molecule has 1 fully saturated rings. The van der Waals surface area contributed by atoms with Crippen molar-refractivity contribution in [2.75, 3.05) is 13.2 Å². The molecule has 1 aliphatic rings. The van der Waals surface area contributed by atoms with Crippen molar-refractivity contribution >= 4 is 23.2 Å². The Labute approximate surface area is 193 Å². The van der Waals surface area contributed by atoms with Gasteiger partial charge in [0, 0.05) is 6.54 Å². The zero-order chi connectivity index (χ0) is 22.2. The highest BCUT2D eigenvalue weighted by Crippen LogP contribution is 2.23. The second kappa shape index (κ2) is 16.3. The largest absolute Gasteiger partial charge is 0.464 e. The number of hydrogen-bond donors (Lipinski definition) is 0. The zero-order valence-corrected chi connectivity index (χ0v) is 20.4. The van der Waals surface area contributed by atoms with E-state index in [0.717, 1.165) is 19.3 Å². The molecule has 0 spiro atoms. The Morgan fingerprint density at radius 1 is 0.935 bits per heavy atom. The number of nitrogens with zero attached hydrogens (tertiary/aromatic N) is 1. The maximum absolute atomic E-state index is 12.6. The number of ether oxygens (including phenoxy) is 1. The Morgan fingerprint density at radius 2 is 1.52 bits per heavy atom. The van der Waals surface area contributed by atoms with Crippen molar-refractivity contribution in [1.82, 2.24) is 4.90 Å². The predicted molar refractivity (Wildman–Crippen MR) is 130 cm³/mol. The molecular weight excluding hydrogens is 406 g/mol. The van der Waals surface area contributed by atoms with Crippen LogP contribution in [0.3, 0.4) is 0 Å². The molecule has 1 amide bonds. The normalized spacial score (nSPS) is 16.0. The fourth-order valence-corrected chi connectivity index (χ4v) is 5.04. The topological polar surface area (TPSA) is 46.6 Å². The van der Waals surface area contributed by atoms with Gasteiger partial charge >= 0.3 is 5.97 Å². The summed E-state index contributed by atoms with van der Waals surface area (Å²) in [6.07, 6.45) is 20.0. The first kappa shape index (κ1) is 25.9. The SMILES string of the molecule is CCCCCCCCCCCCCCCCOC(=O)C1CCCN1C(=O)c1cccs1. The molecular formula is C26H43NO3S. The van der Waals surface area contributed by atoms with Crippen LogP contribution in [0, 0.1) is 0 Å². The van der Waals surface area contributed by atoms with E-state index in [9.17, 15) is 9.59 Å². The minimum absolute atomic E-state index is 0.0362. The summed E-state index contributed by atoms with van der Waals surface area (Å²) in [5.74, 6) is -0.261. The molecule has 5 heteroatoms. The van der Waals surface area contributed by atoms with Crippen LogP contribution >= 0.6 is 11.3 Å². The molecule has 2 rings (SSSR count). The summed E-state index contributed by atoms with van der Waals surface area (Å²) in [5.41, 5.74) is 0. The molecule has 31 heavy (non-hydrogen) atoms. The standard InChI is InChI=1S/C26H43NO3S/c1-2-3-4-5-6-7-8-9-10-11-12-13-14-15-21-30-26(29)23-18-16-20-27(23)25(28)24-19-17-22-31-24/h17,19,22-23H,2-16,18,20-21H2,1H3. The molecule has 0 N–H and O–H groups in total. The third-order valence-corrected chi connectivity index (χ3v) is 7.12. The maximum Gasteiger partial charge on any atom is 0.328 e. The van der Waals surface area contributed by atoms with Crippen molar-refractivity contribution in [2.24, 2.45) is 0 Å². The summed E-state index contributed by atoms with van der Waals surface area (Å²) in [7, 11) is 0. The quantitative estimate of drug-likeness (QED) is 0.184. The van der Waals surface area contributed by atoms with Crippen LogP contribution < -0.4 is 0 Å². The first-order valence-corrected chi connectivity index (χ1v) is 13.6. The molecule has 1 aliphatic heterocycles. The molecule has 1 aromatic rings. The molecule has 0 bridgehead atoms. The highest BCUT2D eigenvalue weighted by Gasteiger charge is 2.35. The molecule has 2 heterocycles. The van der Waals surface area contributed by atoms with Crippen LogP contribution in [0.4, 0.5) is 0 Å². The van der Waals surface area contributed by atoms with E-state index >= 15 is 0 Å². The molecule has 1 aromatic heterocycles. The lowest BCUT2D eigenvalue weighted by atomic mass is 10.0. The number of thiophene rings is 1. The highest BCUT2D eigenvalue weighted by atomic mass is 32.1. The van der Waals surface area contributed by atoms with Crippen LogP contribution in [0.1, 0.15) is 119 Å². The van der Waals surface area contributed by atoms with Crippen LogP contribution in [0.25, 0.3) is 0 Å². The van der Waals surface area contributed by atoms with Gasteiger partial charge in [0.25, 0.3) is 5.91 Å². The first-order chi connectivity index (χ1) is 15.2. The van der Waals surface area contributed by atoms with Gasteiger partial charge in [-0.1, -0.05) is 96.5 Å². The molecule has 0 aliphatic carbocycles. The van der Waals surface area contributed by atoms with E-state index in [-0.39, 0.29) is 11.9 Å². The highest BCUT2D eigenvalue weighted by molar-refractivity contribution is 7.12. The van der Waals surface area contributed by atoms with Gasteiger partial charge in [0.15, 0.2) is 0 Å². The van der Waals surface area contributed by atoms with Gasteiger partial charge in [-0.15, -0.1) is 11.3 Å². The third-order valence-electron chi connectivity index (χ3n) is 6.26. The van der Waals surface area contributed by atoms with Gasteiger partial charge in [-0.05, 0) is 30.7 Å². The number of carbonyl (C=O) groups is 2. The van der Waals surface area contributed by atoms with E-state index in [1.54, 1.807) is 4.90 Å². The maximum atomic E-state index is 12.6. The first-order valence-electron chi connectivity index (χ1n) is 12.7. The Hall–Kier alpha value is -1.36. The Balaban J connectivity index is 1.42. The number of esters is 1. The molecule has 176 valence electrons. The molecule has 1 unspecified atom stereocenters. The van der Waals surface area contributed by atoms with Crippen LogP contribution in [-0.2, 0) is 9.53 Å². The minimum Gasteiger partial charge on any atom is -0.464 e. The van der Waals surface area contributed by atoms with E-state index in [0.29, 0.717) is 24.4 Å². The summed E-state index contributed by atoms with van der Waals surface area (Å²) < 4.78 is 5.50. The van der Waals surface area contributed by atoms with Gasteiger partial charge in [-0.2, -0.15) is 0 Å². The van der Waals surface area contributed by atoms with Crippen molar-refractivity contribution in [3.63, 3.8) is 0 Å². The number of amides is 1. The van der Waals surface area contributed by atoms with Gasteiger partial charge in [0.1, 0.15) is 6.04 Å².